The molecular weight excluding hydrogens is 118 g/mol. The lowest BCUT2D eigenvalue weighted by atomic mass is 10.1. The molecule has 1 amide bonds. The molecule has 0 aromatic heterocycles. The van der Waals surface area contributed by atoms with E-state index in [0.29, 0.717) is 13.0 Å². The van der Waals surface area contributed by atoms with E-state index in [9.17, 15) is 4.79 Å². The Labute approximate surface area is 54.4 Å². The lowest BCUT2D eigenvalue weighted by Gasteiger charge is -2.03. The van der Waals surface area contributed by atoms with Crippen LogP contribution in [0.15, 0.2) is 0 Å². The Hall–Kier alpha value is -0.610. The molecule has 0 saturated heterocycles. The second-order valence-corrected chi connectivity index (χ2v) is 1.94. The number of amides is 1. The van der Waals surface area contributed by atoms with Crippen LogP contribution in [0.4, 0.5) is 0 Å². The van der Waals surface area contributed by atoms with Crippen LogP contribution >= 0.6 is 0 Å². The summed E-state index contributed by atoms with van der Waals surface area (Å²) >= 11 is 0. The number of primary amides is 1. The Morgan fingerprint density at radius 2 is 2.11 bits per heavy atom. The standard InChI is InChI=1S/C5H13N3O/c6-3-1-2-4(7)5(8)9/h4H,1-3,6-7H2,(H2,8,9)/t4-/m1/s1. The van der Waals surface area contributed by atoms with Gasteiger partial charge < -0.3 is 17.2 Å². The number of nitrogens with two attached hydrogens (primary N) is 3. The Balaban J connectivity index is 3.27. The van der Waals surface area contributed by atoms with Gasteiger partial charge in [0.2, 0.25) is 5.91 Å². The second kappa shape index (κ2) is 4.29. The van der Waals surface area contributed by atoms with Gasteiger partial charge in [0.15, 0.2) is 0 Å². The Bertz CT molecular complexity index is 94.2. The van der Waals surface area contributed by atoms with Gasteiger partial charge in [-0.1, -0.05) is 0 Å². The highest BCUT2D eigenvalue weighted by Gasteiger charge is 2.06. The minimum atomic E-state index is -0.520. The molecule has 0 fully saturated rings. The quantitative estimate of drug-likeness (QED) is 0.435. The van der Waals surface area contributed by atoms with Crippen LogP contribution in [-0.4, -0.2) is 18.5 Å². The van der Waals surface area contributed by atoms with Crippen molar-refractivity contribution in [3.8, 4) is 0 Å². The summed E-state index contributed by atoms with van der Waals surface area (Å²) in [7, 11) is 0. The Morgan fingerprint density at radius 3 is 2.44 bits per heavy atom. The SMILES string of the molecule is NCCC[C@@H](N)C(N)=O. The average molecular weight is 131 g/mol. The van der Waals surface area contributed by atoms with Gasteiger partial charge in [0.1, 0.15) is 0 Å². The first-order valence-corrected chi connectivity index (χ1v) is 2.93. The number of rotatable bonds is 4. The van der Waals surface area contributed by atoms with Crippen molar-refractivity contribution >= 4 is 5.91 Å². The maximum atomic E-state index is 10.3. The molecule has 0 unspecified atom stereocenters. The van der Waals surface area contributed by atoms with Crippen molar-refractivity contribution in [2.24, 2.45) is 17.2 Å². The smallest absolute Gasteiger partial charge is 0.234 e. The van der Waals surface area contributed by atoms with E-state index in [1.54, 1.807) is 0 Å². The van der Waals surface area contributed by atoms with Crippen molar-refractivity contribution < 1.29 is 4.79 Å². The van der Waals surface area contributed by atoms with Crippen molar-refractivity contribution in [1.29, 1.82) is 0 Å². The lowest BCUT2D eigenvalue weighted by Crippen LogP contribution is -2.36. The summed E-state index contributed by atoms with van der Waals surface area (Å²) in [5.41, 5.74) is 15.3. The summed E-state index contributed by atoms with van der Waals surface area (Å²) in [6, 6.07) is -0.520. The molecule has 0 saturated carbocycles. The Kier molecular flexibility index (Phi) is 4.00. The summed E-state index contributed by atoms with van der Waals surface area (Å²) < 4.78 is 0. The van der Waals surface area contributed by atoms with Crippen LogP contribution in [-0.2, 0) is 4.79 Å². The molecule has 4 heteroatoms. The highest BCUT2D eigenvalue weighted by molar-refractivity contribution is 5.79. The molecular formula is C5H13N3O. The molecule has 6 N–H and O–H groups in total. The molecule has 0 aliphatic heterocycles. The van der Waals surface area contributed by atoms with Gasteiger partial charge in [0.25, 0.3) is 0 Å². The average Bonchev–Trinajstić information content (AvgIpc) is 1.82. The molecule has 1 atom stereocenters. The first kappa shape index (κ1) is 8.39. The van der Waals surface area contributed by atoms with Crippen molar-refractivity contribution in [2.45, 2.75) is 18.9 Å². The van der Waals surface area contributed by atoms with Crippen LogP contribution in [0.3, 0.4) is 0 Å². The molecule has 4 nitrogen and oxygen atoms in total. The topological polar surface area (TPSA) is 95.1 Å². The van der Waals surface area contributed by atoms with E-state index in [1.807, 2.05) is 0 Å². The number of carbonyl (C=O) groups excluding carboxylic acids is 1. The molecule has 0 aromatic carbocycles. The first-order chi connectivity index (χ1) is 4.18. The van der Waals surface area contributed by atoms with E-state index in [0.717, 1.165) is 6.42 Å². The van der Waals surface area contributed by atoms with E-state index < -0.39 is 11.9 Å². The van der Waals surface area contributed by atoms with Gasteiger partial charge in [-0.25, -0.2) is 0 Å². The van der Waals surface area contributed by atoms with Crippen molar-refractivity contribution in [1.82, 2.24) is 0 Å². The zero-order valence-corrected chi connectivity index (χ0v) is 5.34. The van der Waals surface area contributed by atoms with Gasteiger partial charge in [-0.05, 0) is 19.4 Å². The largest absolute Gasteiger partial charge is 0.368 e. The fourth-order valence-electron chi connectivity index (χ4n) is 0.480. The third kappa shape index (κ3) is 3.93. The van der Waals surface area contributed by atoms with Crippen LogP contribution in [0.5, 0.6) is 0 Å². The molecule has 0 bridgehead atoms. The van der Waals surface area contributed by atoms with Crippen LogP contribution in [0.1, 0.15) is 12.8 Å². The second-order valence-electron chi connectivity index (χ2n) is 1.94. The zero-order valence-electron chi connectivity index (χ0n) is 5.34. The minimum absolute atomic E-state index is 0.455. The van der Waals surface area contributed by atoms with Gasteiger partial charge in [-0.15, -0.1) is 0 Å². The third-order valence-corrected chi connectivity index (χ3v) is 1.08. The predicted molar refractivity (Wildman–Crippen MR) is 35.5 cm³/mol. The molecule has 0 rings (SSSR count). The monoisotopic (exact) mass is 131 g/mol. The van der Waals surface area contributed by atoms with Crippen LogP contribution in [0, 0.1) is 0 Å². The molecule has 0 aromatic rings. The minimum Gasteiger partial charge on any atom is -0.368 e. The number of hydrogen-bond donors (Lipinski definition) is 3. The fraction of sp³-hybridized carbons (Fsp3) is 0.800. The van der Waals surface area contributed by atoms with Gasteiger partial charge in [-0.3, -0.25) is 4.79 Å². The maximum absolute atomic E-state index is 10.3. The molecule has 9 heavy (non-hydrogen) atoms. The predicted octanol–water partition coefficient (Wildman–Crippen LogP) is -1.46. The number of carbonyl (C=O) groups is 1. The van der Waals surface area contributed by atoms with E-state index in [4.69, 9.17) is 17.2 Å². The fourth-order valence-corrected chi connectivity index (χ4v) is 0.480. The van der Waals surface area contributed by atoms with Crippen LogP contribution in [0.25, 0.3) is 0 Å². The number of hydrogen-bond acceptors (Lipinski definition) is 3. The first-order valence-electron chi connectivity index (χ1n) is 2.93. The molecule has 0 heterocycles. The van der Waals surface area contributed by atoms with E-state index >= 15 is 0 Å². The van der Waals surface area contributed by atoms with E-state index in [2.05, 4.69) is 0 Å². The zero-order chi connectivity index (χ0) is 7.28. The van der Waals surface area contributed by atoms with Crippen LogP contribution < -0.4 is 17.2 Å². The van der Waals surface area contributed by atoms with Crippen LogP contribution in [0.2, 0.25) is 0 Å². The summed E-state index contributed by atoms with van der Waals surface area (Å²) in [6.45, 7) is 0.557. The van der Waals surface area contributed by atoms with Crippen molar-refractivity contribution in [3.63, 3.8) is 0 Å². The highest BCUT2D eigenvalue weighted by Crippen LogP contribution is 1.89. The molecule has 54 valence electrons. The van der Waals surface area contributed by atoms with E-state index in [-0.39, 0.29) is 0 Å². The maximum Gasteiger partial charge on any atom is 0.234 e. The molecule has 0 spiro atoms. The Morgan fingerprint density at radius 1 is 1.56 bits per heavy atom. The molecule has 0 aliphatic rings. The van der Waals surface area contributed by atoms with Crippen molar-refractivity contribution in [3.05, 3.63) is 0 Å². The van der Waals surface area contributed by atoms with Gasteiger partial charge >= 0.3 is 0 Å². The van der Waals surface area contributed by atoms with Gasteiger partial charge in [0.05, 0.1) is 6.04 Å². The van der Waals surface area contributed by atoms with Gasteiger partial charge in [0, 0.05) is 0 Å². The normalized spacial score (nSPS) is 13.1. The third-order valence-electron chi connectivity index (χ3n) is 1.08. The molecule has 0 radical (unpaired) electrons. The summed E-state index contributed by atoms with van der Waals surface area (Å²) in [4.78, 5) is 10.3. The van der Waals surface area contributed by atoms with Crippen molar-refractivity contribution in [2.75, 3.05) is 6.54 Å². The highest BCUT2D eigenvalue weighted by atomic mass is 16.1. The molecule has 0 aliphatic carbocycles. The van der Waals surface area contributed by atoms with E-state index in [1.165, 1.54) is 0 Å². The van der Waals surface area contributed by atoms with Gasteiger partial charge in [-0.2, -0.15) is 0 Å². The lowest BCUT2D eigenvalue weighted by molar-refractivity contribution is -0.119. The summed E-state index contributed by atoms with van der Waals surface area (Å²) in [5, 5.41) is 0. The summed E-state index contributed by atoms with van der Waals surface area (Å²) in [5.74, 6) is -0.455. The summed E-state index contributed by atoms with van der Waals surface area (Å²) in [6.07, 6.45) is 1.34.